The fourth-order valence-electron chi connectivity index (χ4n) is 3.54. The molecule has 1 spiro atoms. The van der Waals surface area contributed by atoms with Gasteiger partial charge in [-0.3, -0.25) is 19.3 Å². The molecule has 0 atom stereocenters. The number of nitrogens with zero attached hydrogens (tertiary/aromatic N) is 1. The molecule has 156 valence electrons. The maximum atomic E-state index is 12.6. The first kappa shape index (κ1) is 20.7. The summed E-state index contributed by atoms with van der Waals surface area (Å²) in [5.41, 5.74) is -0.802. The number of imide groups is 1. The minimum atomic E-state index is -2.98. The molecule has 8 nitrogen and oxygen atoms in total. The van der Waals surface area contributed by atoms with Crippen molar-refractivity contribution in [1.82, 2.24) is 10.2 Å². The molecule has 0 unspecified atom stereocenters. The van der Waals surface area contributed by atoms with Gasteiger partial charge in [-0.2, -0.15) is 8.78 Å². The van der Waals surface area contributed by atoms with E-state index < -0.39 is 49.0 Å². The van der Waals surface area contributed by atoms with Crippen LogP contribution in [0.2, 0.25) is 0 Å². The number of carbonyl (C=O) groups excluding carboxylic acids is 4. The molecule has 3 amide bonds. The van der Waals surface area contributed by atoms with Crippen molar-refractivity contribution < 1.29 is 37.4 Å². The largest absolute Gasteiger partial charge is 0.456 e. The Morgan fingerprint density at radius 2 is 1.76 bits per heavy atom. The molecule has 0 radical (unpaired) electrons. The summed E-state index contributed by atoms with van der Waals surface area (Å²) in [6.45, 7) is -4.17. The molecule has 1 saturated carbocycles. The van der Waals surface area contributed by atoms with Crippen LogP contribution < -0.4 is 10.1 Å². The van der Waals surface area contributed by atoms with E-state index in [1.165, 1.54) is 24.3 Å². The lowest BCUT2D eigenvalue weighted by atomic mass is 9.82. The third-order valence-electron chi connectivity index (χ3n) is 5.01. The standard InChI is InChI=1S/C19H20F2N2O6/c20-17(21)29-13-6-4-12(5-7-13)14(24)11-28-15(25)10-23-16(26)19(22-18(23)27)8-2-1-3-9-19/h4-7,17H,1-3,8-11H2,(H,22,27). The Bertz CT molecular complexity index is 805. The van der Waals surface area contributed by atoms with Crippen molar-refractivity contribution >= 4 is 23.7 Å². The van der Waals surface area contributed by atoms with Crippen molar-refractivity contribution in [2.75, 3.05) is 13.2 Å². The number of alkyl halides is 2. The Kier molecular flexibility index (Phi) is 6.09. The molecule has 1 N–H and O–H groups in total. The molecule has 29 heavy (non-hydrogen) atoms. The normalized spacial score (nSPS) is 18.1. The van der Waals surface area contributed by atoms with E-state index >= 15 is 0 Å². The van der Waals surface area contributed by atoms with Gasteiger partial charge in [0, 0.05) is 5.56 Å². The molecule has 0 bridgehead atoms. The second-order valence-corrected chi connectivity index (χ2v) is 6.95. The molecular formula is C19H20F2N2O6. The Hall–Kier alpha value is -3.04. The Balaban J connectivity index is 1.51. The number of urea groups is 1. The van der Waals surface area contributed by atoms with Crippen molar-refractivity contribution in [2.24, 2.45) is 0 Å². The first-order valence-electron chi connectivity index (χ1n) is 9.18. The van der Waals surface area contributed by atoms with Crippen LogP contribution in [-0.2, 0) is 14.3 Å². The predicted octanol–water partition coefficient (Wildman–Crippen LogP) is 2.27. The highest BCUT2D eigenvalue weighted by molar-refractivity contribution is 6.08. The first-order valence-corrected chi connectivity index (χ1v) is 9.18. The number of rotatable bonds is 7. The number of benzene rings is 1. The summed E-state index contributed by atoms with van der Waals surface area (Å²) >= 11 is 0. The van der Waals surface area contributed by atoms with Gasteiger partial charge in [-0.05, 0) is 37.1 Å². The predicted molar refractivity (Wildman–Crippen MR) is 94.4 cm³/mol. The highest BCUT2D eigenvalue weighted by Gasteiger charge is 2.51. The first-order chi connectivity index (χ1) is 13.8. The Morgan fingerprint density at radius 1 is 1.10 bits per heavy atom. The third kappa shape index (κ3) is 4.69. The molecule has 1 aliphatic carbocycles. The zero-order chi connectivity index (χ0) is 21.0. The van der Waals surface area contributed by atoms with E-state index in [4.69, 9.17) is 4.74 Å². The SMILES string of the molecule is O=C(CN1C(=O)NC2(CCCCC2)C1=O)OCC(=O)c1ccc(OC(F)F)cc1. The Labute approximate surface area is 165 Å². The topological polar surface area (TPSA) is 102 Å². The Morgan fingerprint density at radius 3 is 2.38 bits per heavy atom. The fourth-order valence-corrected chi connectivity index (χ4v) is 3.54. The lowest BCUT2D eigenvalue weighted by Crippen LogP contribution is -2.48. The molecule has 0 aromatic heterocycles. The van der Waals surface area contributed by atoms with Gasteiger partial charge in [0.2, 0.25) is 0 Å². The van der Waals surface area contributed by atoms with Crippen LogP contribution in [0.25, 0.3) is 0 Å². The minimum Gasteiger partial charge on any atom is -0.456 e. The molecule has 1 aliphatic heterocycles. The summed E-state index contributed by atoms with van der Waals surface area (Å²) in [4.78, 5) is 49.6. The third-order valence-corrected chi connectivity index (χ3v) is 5.01. The van der Waals surface area contributed by atoms with Crippen molar-refractivity contribution in [2.45, 2.75) is 44.3 Å². The lowest BCUT2D eigenvalue weighted by Gasteiger charge is -2.30. The van der Waals surface area contributed by atoms with Gasteiger partial charge in [-0.1, -0.05) is 19.3 Å². The number of esters is 1. The maximum Gasteiger partial charge on any atom is 0.387 e. The highest BCUT2D eigenvalue weighted by atomic mass is 19.3. The quantitative estimate of drug-likeness (QED) is 0.420. The van der Waals surface area contributed by atoms with Crippen LogP contribution in [0.4, 0.5) is 13.6 Å². The van der Waals surface area contributed by atoms with Gasteiger partial charge in [-0.25, -0.2) is 4.79 Å². The summed E-state index contributed by atoms with van der Waals surface area (Å²) in [6, 6.07) is 4.27. The van der Waals surface area contributed by atoms with Crippen LogP contribution in [0.5, 0.6) is 5.75 Å². The molecule has 2 fully saturated rings. The van der Waals surface area contributed by atoms with Crippen LogP contribution in [0, 0.1) is 0 Å². The van der Waals surface area contributed by atoms with Crippen LogP contribution >= 0.6 is 0 Å². The number of halogens is 2. The van der Waals surface area contributed by atoms with Gasteiger partial charge in [0.05, 0.1) is 0 Å². The van der Waals surface area contributed by atoms with Crippen LogP contribution in [-0.4, -0.2) is 53.9 Å². The number of carbonyl (C=O) groups is 4. The smallest absolute Gasteiger partial charge is 0.387 e. The number of ether oxygens (including phenoxy) is 2. The monoisotopic (exact) mass is 410 g/mol. The second-order valence-electron chi connectivity index (χ2n) is 6.95. The average molecular weight is 410 g/mol. The molecule has 1 heterocycles. The zero-order valence-corrected chi connectivity index (χ0v) is 15.5. The van der Waals surface area contributed by atoms with E-state index in [2.05, 4.69) is 10.1 Å². The van der Waals surface area contributed by atoms with Gasteiger partial charge >= 0.3 is 18.6 Å². The van der Waals surface area contributed by atoms with Crippen LogP contribution in [0.1, 0.15) is 42.5 Å². The lowest BCUT2D eigenvalue weighted by molar-refractivity contribution is -0.147. The molecule has 1 aromatic rings. The number of hydrogen-bond acceptors (Lipinski definition) is 6. The van der Waals surface area contributed by atoms with E-state index in [0.717, 1.165) is 24.2 Å². The van der Waals surface area contributed by atoms with E-state index in [-0.39, 0.29) is 11.3 Å². The highest BCUT2D eigenvalue weighted by Crippen LogP contribution is 2.33. The number of amides is 3. The van der Waals surface area contributed by atoms with Gasteiger partial charge in [0.15, 0.2) is 12.4 Å². The fraction of sp³-hybridized carbons (Fsp3) is 0.474. The number of ketones is 1. The van der Waals surface area contributed by atoms with Crippen molar-refractivity contribution in [1.29, 1.82) is 0 Å². The maximum absolute atomic E-state index is 12.6. The number of hydrogen-bond donors (Lipinski definition) is 1. The summed E-state index contributed by atoms with van der Waals surface area (Å²) in [7, 11) is 0. The second kappa shape index (κ2) is 8.54. The number of Topliss-reactive ketones (excluding diaryl/α,β-unsaturated/α-hetero) is 1. The summed E-state index contributed by atoms with van der Waals surface area (Å²) in [6.07, 6.45) is 3.70. The minimum absolute atomic E-state index is 0.108. The van der Waals surface area contributed by atoms with Crippen molar-refractivity contribution in [3.8, 4) is 5.75 Å². The van der Waals surface area contributed by atoms with Gasteiger partial charge in [0.25, 0.3) is 5.91 Å². The van der Waals surface area contributed by atoms with E-state index in [1.807, 2.05) is 0 Å². The van der Waals surface area contributed by atoms with Gasteiger partial charge < -0.3 is 14.8 Å². The molecule has 2 aliphatic rings. The summed E-state index contributed by atoms with van der Waals surface area (Å²) < 4.78 is 33.3. The van der Waals surface area contributed by atoms with E-state index in [1.54, 1.807) is 0 Å². The zero-order valence-electron chi connectivity index (χ0n) is 15.5. The van der Waals surface area contributed by atoms with Crippen molar-refractivity contribution in [3.05, 3.63) is 29.8 Å². The van der Waals surface area contributed by atoms with E-state index in [9.17, 15) is 28.0 Å². The summed E-state index contributed by atoms with van der Waals surface area (Å²) in [5, 5.41) is 2.68. The van der Waals surface area contributed by atoms with Crippen molar-refractivity contribution in [3.63, 3.8) is 0 Å². The van der Waals surface area contributed by atoms with Gasteiger partial charge in [0.1, 0.15) is 17.8 Å². The molecular weight excluding hydrogens is 390 g/mol. The molecule has 1 aromatic carbocycles. The molecule has 3 rings (SSSR count). The van der Waals surface area contributed by atoms with E-state index in [0.29, 0.717) is 12.8 Å². The molecule has 10 heteroatoms. The number of nitrogens with one attached hydrogen (secondary N) is 1. The van der Waals surface area contributed by atoms with Gasteiger partial charge in [-0.15, -0.1) is 0 Å². The summed E-state index contributed by atoms with van der Waals surface area (Å²) in [5.74, 6) is -2.01. The van der Waals surface area contributed by atoms with Crippen LogP contribution in [0.15, 0.2) is 24.3 Å². The molecule has 1 saturated heterocycles. The average Bonchev–Trinajstić information content (AvgIpc) is 2.90. The van der Waals surface area contributed by atoms with Crippen LogP contribution in [0.3, 0.4) is 0 Å².